The fraction of sp³-hybridized carbons (Fsp3) is 0.0800. The number of oxazole rings is 1. The second kappa shape index (κ2) is 9.88. The number of nitrogens with one attached hydrogen (secondary N) is 2. The lowest BCUT2D eigenvalue weighted by Crippen LogP contribution is -2.17. The zero-order chi connectivity index (χ0) is 23.2. The summed E-state index contributed by atoms with van der Waals surface area (Å²) in [5.74, 6) is -0.217. The van der Waals surface area contributed by atoms with Crippen molar-refractivity contribution in [3.05, 3.63) is 90.4 Å². The van der Waals surface area contributed by atoms with E-state index in [0.29, 0.717) is 33.8 Å². The monoisotopic (exact) mass is 445 g/mol. The molecule has 0 radical (unpaired) electrons. The summed E-state index contributed by atoms with van der Waals surface area (Å²) >= 11 is 0. The third-order valence-corrected chi connectivity index (χ3v) is 4.74. The topological polar surface area (TPSA) is 93.5 Å². The first kappa shape index (κ1) is 21.9. The minimum Gasteiger partial charge on any atom is -0.436 e. The van der Waals surface area contributed by atoms with Gasteiger partial charge in [-0.3, -0.25) is 9.59 Å². The number of aromatic nitrogens is 1. The van der Waals surface area contributed by atoms with Crippen molar-refractivity contribution in [2.24, 2.45) is 0 Å². The van der Waals surface area contributed by atoms with Crippen molar-refractivity contribution in [2.45, 2.75) is 0 Å². The minimum atomic E-state index is -0.344. The van der Waals surface area contributed by atoms with Gasteiger partial charge < -0.3 is 19.8 Å². The molecule has 0 aliphatic carbocycles. The lowest BCUT2D eigenvalue weighted by atomic mass is 10.1. The molecule has 7 nitrogen and oxygen atoms in total. The second-order valence-electron chi connectivity index (χ2n) is 7.09. The highest BCUT2D eigenvalue weighted by Gasteiger charge is 2.17. The van der Waals surface area contributed by atoms with Crippen molar-refractivity contribution in [2.75, 3.05) is 24.4 Å². The molecule has 8 heteroatoms. The van der Waals surface area contributed by atoms with Crippen LogP contribution in [0.25, 0.3) is 22.8 Å². The maximum absolute atomic E-state index is 13.2. The van der Waals surface area contributed by atoms with E-state index in [1.807, 2.05) is 0 Å². The average molecular weight is 445 g/mol. The molecule has 0 fully saturated rings. The Morgan fingerprint density at radius 2 is 1.61 bits per heavy atom. The zero-order valence-corrected chi connectivity index (χ0v) is 17.7. The lowest BCUT2D eigenvalue weighted by molar-refractivity contribution is -0.119. The van der Waals surface area contributed by atoms with Crippen LogP contribution in [0.15, 0.2) is 83.4 Å². The third kappa shape index (κ3) is 5.31. The number of anilines is 2. The standard InChI is InChI=1S/C25H20FN3O4/c1-32-15-23(30)28-18-10-12-19(13-11-18)29-24(31)20-4-2-3-5-21(20)25-27-14-22(33-25)16-6-8-17(26)9-7-16/h2-14H,15H2,1H3,(H,28,30)(H,29,31). The summed E-state index contributed by atoms with van der Waals surface area (Å²) in [7, 11) is 1.44. The molecule has 1 aromatic heterocycles. The normalized spacial score (nSPS) is 10.6. The van der Waals surface area contributed by atoms with E-state index in [9.17, 15) is 14.0 Å². The molecule has 1 heterocycles. The van der Waals surface area contributed by atoms with Crippen LogP contribution in [-0.2, 0) is 9.53 Å². The van der Waals surface area contributed by atoms with Crippen LogP contribution < -0.4 is 10.6 Å². The molecule has 2 amide bonds. The first-order valence-electron chi connectivity index (χ1n) is 10.0. The van der Waals surface area contributed by atoms with Crippen LogP contribution in [0.5, 0.6) is 0 Å². The zero-order valence-electron chi connectivity index (χ0n) is 17.7. The van der Waals surface area contributed by atoms with Gasteiger partial charge in [0.2, 0.25) is 11.8 Å². The van der Waals surface area contributed by atoms with E-state index in [1.54, 1.807) is 60.7 Å². The van der Waals surface area contributed by atoms with Crippen LogP contribution in [0.3, 0.4) is 0 Å². The number of amides is 2. The third-order valence-electron chi connectivity index (χ3n) is 4.74. The van der Waals surface area contributed by atoms with E-state index >= 15 is 0 Å². The Balaban J connectivity index is 1.51. The van der Waals surface area contributed by atoms with Crippen LogP contribution in [-0.4, -0.2) is 30.5 Å². The predicted octanol–water partition coefficient (Wildman–Crippen LogP) is 4.98. The highest BCUT2D eigenvalue weighted by molar-refractivity contribution is 6.08. The predicted molar refractivity (Wildman–Crippen MR) is 122 cm³/mol. The Morgan fingerprint density at radius 1 is 0.939 bits per heavy atom. The van der Waals surface area contributed by atoms with Gasteiger partial charge >= 0.3 is 0 Å². The summed E-state index contributed by atoms with van der Waals surface area (Å²) in [6.07, 6.45) is 1.54. The number of carbonyl (C=O) groups is 2. The first-order chi connectivity index (χ1) is 16.0. The maximum Gasteiger partial charge on any atom is 0.256 e. The molecule has 0 unspecified atom stereocenters. The van der Waals surface area contributed by atoms with Gasteiger partial charge in [-0.05, 0) is 60.7 Å². The maximum atomic E-state index is 13.2. The molecule has 4 rings (SSSR count). The number of carbonyl (C=O) groups excluding carboxylic acids is 2. The highest BCUT2D eigenvalue weighted by atomic mass is 19.1. The molecule has 0 spiro atoms. The molecule has 33 heavy (non-hydrogen) atoms. The fourth-order valence-electron chi connectivity index (χ4n) is 3.18. The van der Waals surface area contributed by atoms with Gasteiger partial charge in [-0.1, -0.05) is 12.1 Å². The van der Waals surface area contributed by atoms with Crippen molar-refractivity contribution < 1.29 is 23.1 Å². The Kier molecular flexibility index (Phi) is 6.56. The molecular weight excluding hydrogens is 425 g/mol. The molecule has 0 saturated heterocycles. The first-order valence-corrected chi connectivity index (χ1v) is 10.0. The van der Waals surface area contributed by atoms with Crippen LogP contribution in [0.4, 0.5) is 15.8 Å². The molecule has 3 aromatic carbocycles. The summed E-state index contributed by atoms with van der Waals surface area (Å²) in [5.41, 5.74) is 2.71. The van der Waals surface area contributed by atoms with E-state index in [2.05, 4.69) is 15.6 Å². The minimum absolute atomic E-state index is 0.0427. The SMILES string of the molecule is COCC(=O)Nc1ccc(NC(=O)c2ccccc2-c2ncc(-c3ccc(F)cc3)o2)cc1. The van der Waals surface area contributed by atoms with Crippen molar-refractivity contribution in [3.63, 3.8) is 0 Å². The lowest BCUT2D eigenvalue weighted by Gasteiger charge is -2.09. The van der Waals surface area contributed by atoms with Crippen molar-refractivity contribution >= 4 is 23.2 Å². The Hall–Kier alpha value is -4.30. The molecule has 0 atom stereocenters. The van der Waals surface area contributed by atoms with Gasteiger partial charge in [-0.15, -0.1) is 0 Å². The van der Waals surface area contributed by atoms with Crippen LogP contribution >= 0.6 is 0 Å². The summed E-state index contributed by atoms with van der Waals surface area (Å²) in [5, 5.41) is 5.52. The fourth-order valence-corrected chi connectivity index (χ4v) is 3.18. The molecular formula is C25H20FN3O4. The smallest absolute Gasteiger partial charge is 0.256 e. The Morgan fingerprint density at radius 3 is 2.30 bits per heavy atom. The Bertz CT molecular complexity index is 1270. The summed E-state index contributed by atoms with van der Waals surface area (Å²) < 4.78 is 23.8. The molecule has 166 valence electrons. The van der Waals surface area contributed by atoms with E-state index in [-0.39, 0.29) is 30.1 Å². The number of hydrogen-bond donors (Lipinski definition) is 2. The largest absolute Gasteiger partial charge is 0.436 e. The molecule has 0 bridgehead atoms. The van der Waals surface area contributed by atoms with E-state index in [4.69, 9.17) is 9.15 Å². The number of halogens is 1. The van der Waals surface area contributed by atoms with Crippen molar-refractivity contribution in [3.8, 4) is 22.8 Å². The highest BCUT2D eigenvalue weighted by Crippen LogP contribution is 2.29. The van der Waals surface area contributed by atoms with Gasteiger partial charge in [0.15, 0.2) is 5.76 Å². The molecule has 2 N–H and O–H groups in total. The van der Waals surface area contributed by atoms with Gasteiger partial charge in [0, 0.05) is 29.6 Å². The molecule has 4 aromatic rings. The van der Waals surface area contributed by atoms with E-state index in [0.717, 1.165) is 0 Å². The van der Waals surface area contributed by atoms with Gasteiger partial charge in [0.1, 0.15) is 12.4 Å². The van der Waals surface area contributed by atoms with Crippen LogP contribution in [0.1, 0.15) is 10.4 Å². The second-order valence-corrected chi connectivity index (χ2v) is 7.09. The van der Waals surface area contributed by atoms with Crippen molar-refractivity contribution in [1.82, 2.24) is 4.98 Å². The Labute approximate surface area is 189 Å². The number of rotatable bonds is 7. The van der Waals surface area contributed by atoms with Crippen molar-refractivity contribution in [1.29, 1.82) is 0 Å². The molecule has 0 aliphatic heterocycles. The van der Waals surface area contributed by atoms with Gasteiger partial charge in [-0.25, -0.2) is 9.37 Å². The van der Waals surface area contributed by atoms with Gasteiger partial charge in [0.25, 0.3) is 5.91 Å². The number of benzene rings is 3. The van der Waals surface area contributed by atoms with E-state index < -0.39 is 0 Å². The summed E-state index contributed by atoms with van der Waals surface area (Å²) in [4.78, 5) is 28.9. The molecule has 0 saturated carbocycles. The number of methoxy groups -OCH3 is 1. The van der Waals surface area contributed by atoms with Gasteiger partial charge in [-0.2, -0.15) is 0 Å². The van der Waals surface area contributed by atoms with E-state index in [1.165, 1.54) is 25.4 Å². The van der Waals surface area contributed by atoms with Crippen LogP contribution in [0, 0.1) is 5.82 Å². The molecule has 0 aliphatic rings. The quantitative estimate of drug-likeness (QED) is 0.418. The van der Waals surface area contributed by atoms with Gasteiger partial charge in [0.05, 0.1) is 11.8 Å². The number of ether oxygens (including phenoxy) is 1. The summed E-state index contributed by atoms with van der Waals surface area (Å²) in [6, 6.07) is 19.5. The van der Waals surface area contributed by atoms with Crippen LogP contribution in [0.2, 0.25) is 0 Å². The number of nitrogens with zero attached hydrogens (tertiary/aromatic N) is 1. The summed E-state index contributed by atoms with van der Waals surface area (Å²) in [6.45, 7) is -0.0427. The average Bonchev–Trinajstić information content (AvgIpc) is 3.31. The number of hydrogen-bond acceptors (Lipinski definition) is 5.